The minimum atomic E-state index is -0.353. The van der Waals surface area contributed by atoms with E-state index in [0.717, 1.165) is 21.3 Å². The molecule has 0 aliphatic carbocycles. The van der Waals surface area contributed by atoms with E-state index in [1.165, 1.54) is 17.6 Å². The minimum absolute atomic E-state index is 0.00865. The molecule has 0 unspecified atom stereocenters. The molecule has 0 spiro atoms. The zero-order valence-electron chi connectivity index (χ0n) is 16.5. The molecule has 0 saturated carbocycles. The highest BCUT2D eigenvalue weighted by molar-refractivity contribution is 7.17. The molecule has 5 aromatic rings. The van der Waals surface area contributed by atoms with E-state index in [-0.39, 0.29) is 22.8 Å². The number of ketones is 2. The fourth-order valence-electron chi connectivity index (χ4n) is 3.46. The molecule has 2 aromatic heterocycles. The summed E-state index contributed by atoms with van der Waals surface area (Å²) < 4.78 is 5.04. The first kappa shape index (κ1) is 19.1. The molecule has 5 rings (SSSR count). The average molecular weight is 424 g/mol. The molecule has 0 aliphatic rings. The van der Waals surface area contributed by atoms with Crippen molar-refractivity contribution in [2.24, 2.45) is 0 Å². The van der Waals surface area contributed by atoms with E-state index < -0.39 is 0 Å². The highest BCUT2D eigenvalue weighted by atomic mass is 32.1. The monoisotopic (exact) mass is 424 g/mol. The van der Waals surface area contributed by atoms with Gasteiger partial charge in [0.2, 0.25) is 11.6 Å². The summed E-state index contributed by atoms with van der Waals surface area (Å²) in [6.45, 7) is 1.79. The molecule has 0 amide bonds. The molecular weight excluding hydrogens is 408 g/mol. The lowest BCUT2D eigenvalue weighted by atomic mass is 9.99. The number of hydrogen-bond acceptors (Lipinski definition) is 6. The van der Waals surface area contributed by atoms with Crippen LogP contribution in [0.5, 0.6) is 0 Å². The summed E-state index contributed by atoms with van der Waals surface area (Å²) in [5.41, 5.74) is 2.15. The Morgan fingerprint density at radius 2 is 1.61 bits per heavy atom. The topological polar surface area (TPSA) is 73.1 Å². The normalized spacial score (nSPS) is 11.0. The molecule has 6 heteroatoms. The number of hydrogen-bond donors (Lipinski definition) is 0. The van der Waals surface area contributed by atoms with Gasteiger partial charge >= 0.3 is 0 Å². The van der Waals surface area contributed by atoms with Gasteiger partial charge in [-0.3, -0.25) is 9.59 Å². The Bertz CT molecular complexity index is 1430. The number of aromatic nitrogens is 2. The highest BCUT2D eigenvalue weighted by Crippen LogP contribution is 2.30. The molecule has 5 nitrogen and oxygen atoms in total. The number of nitrogens with zero attached hydrogens (tertiary/aromatic N) is 2. The molecule has 0 fully saturated rings. The maximum absolute atomic E-state index is 13.3. The SMILES string of the molecule is Cc1nc(-c2ccccc2)sc1C(=O)c1conc1C(=O)c1ccc2ccccc2c1. The van der Waals surface area contributed by atoms with E-state index in [9.17, 15) is 9.59 Å². The van der Waals surface area contributed by atoms with Crippen LogP contribution in [0.1, 0.15) is 37.0 Å². The van der Waals surface area contributed by atoms with Crippen LogP contribution in [-0.2, 0) is 0 Å². The zero-order chi connectivity index (χ0) is 21.4. The van der Waals surface area contributed by atoms with Crippen LogP contribution in [-0.4, -0.2) is 21.7 Å². The maximum atomic E-state index is 13.3. The fraction of sp³-hybridized carbons (Fsp3) is 0.0400. The molecule has 0 aliphatic heterocycles. The first-order valence-corrected chi connectivity index (χ1v) is 10.5. The smallest absolute Gasteiger partial charge is 0.215 e. The summed E-state index contributed by atoms with van der Waals surface area (Å²) in [7, 11) is 0. The van der Waals surface area contributed by atoms with E-state index in [1.807, 2.05) is 60.7 Å². The van der Waals surface area contributed by atoms with Gasteiger partial charge in [0.1, 0.15) is 11.3 Å². The first-order chi connectivity index (χ1) is 15.1. The lowest BCUT2D eigenvalue weighted by Crippen LogP contribution is -2.10. The summed E-state index contributed by atoms with van der Waals surface area (Å²) in [6.07, 6.45) is 1.23. The molecule has 0 bridgehead atoms. The predicted molar refractivity (Wildman–Crippen MR) is 120 cm³/mol. The van der Waals surface area contributed by atoms with E-state index in [2.05, 4.69) is 10.1 Å². The standard InChI is InChI=1S/C25H16N2O3S/c1-15-24(31-25(26-15)17-8-3-2-4-9-17)23(29)20-14-30-27-21(20)22(28)19-12-11-16-7-5-6-10-18(16)13-19/h2-14H,1H3. The van der Waals surface area contributed by atoms with E-state index >= 15 is 0 Å². The summed E-state index contributed by atoms with van der Waals surface area (Å²) in [4.78, 5) is 31.4. The molecule has 3 aromatic carbocycles. The largest absolute Gasteiger partial charge is 0.363 e. The Balaban J connectivity index is 1.50. The zero-order valence-corrected chi connectivity index (χ0v) is 17.3. The van der Waals surface area contributed by atoms with Crippen LogP contribution >= 0.6 is 11.3 Å². The summed E-state index contributed by atoms with van der Waals surface area (Å²) in [5.74, 6) is -0.670. The quantitative estimate of drug-likeness (QED) is 0.337. The van der Waals surface area contributed by atoms with Crippen molar-refractivity contribution in [3.8, 4) is 10.6 Å². The number of thiazole rings is 1. The average Bonchev–Trinajstić information content (AvgIpc) is 3.45. The van der Waals surface area contributed by atoms with Crippen molar-refractivity contribution in [1.29, 1.82) is 0 Å². The lowest BCUT2D eigenvalue weighted by Gasteiger charge is -2.03. The van der Waals surface area contributed by atoms with Crippen LogP contribution in [0.25, 0.3) is 21.3 Å². The van der Waals surface area contributed by atoms with Crippen molar-refractivity contribution in [2.45, 2.75) is 6.92 Å². The van der Waals surface area contributed by atoms with Crippen molar-refractivity contribution in [1.82, 2.24) is 10.1 Å². The Labute approximate surface area is 182 Å². The third kappa shape index (κ3) is 3.47. The van der Waals surface area contributed by atoms with E-state index in [0.29, 0.717) is 16.1 Å². The number of rotatable bonds is 5. The van der Waals surface area contributed by atoms with Gasteiger partial charge in [-0.05, 0) is 23.8 Å². The van der Waals surface area contributed by atoms with Crippen LogP contribution in [0.4, 0.5) is 0 Å². The number of carbonyl (C=O) groups is 2. The predicted octanol–water partition coefficient (Wildman–Crippen LogP) is 5.72. The van der Waals surface area contributed by atoms with Gasteiger partial charge in [0.15, 0.2) is 5.69 Å². The molecule has 0 radical (unpaired) electrons. The minimum Gasteiger partial charge on any atom is -0.363 e. The van der Waals surface area contributed by atoms with Gasteiger partial charge in [-0.15, -0.1) is 11.3 Å². The van der Waals surface area contributed by atoms with Crippen molar-refractivity contribution in [3.05, 3.63) is 106 Å². The van der Waals surface area contributed by atoms with Gasteiger partial charge in [0, 0.05) is 11.1 Å². The van der Waals surface area contributed by atoms with Gasteiger partial charge in [0.05, 0.1) is 16.1 Å². The molecule has 31 heavy (non-hydrogen) atoms. The van der Waals surface area contributed by atoms with Crippen LogP contribution in [0.2, 0.25) is 0 Å². The van der Waals surface area contributed by atoms with E-state index in [1.54, 1.807) is 19.1 Å². The van der Waals surface area contributed by atoms with Crippen LogP contribution < -0.4 is 0 Å². The Morgan fingerprint density at radius 3 is 2.42 bits per heavy atom. The van der Waals surface area contributed by atoms with Gasteiger partial charge in [-0.1, -0.05) is 71.9 Å². The number of carbonyl (C=O) groups excluding carboxylic acids is 2. The third-order valence-corrected chi connectivity index (χ3v) is 6.27. The molecule has 0 atom stereocenters. The first-order valence-electron chi connectivity index (χ1n) is 9.67. The molecular formula is C25H16N2O3S. The summed E-state index contributed by atoms with van der Waals surface area (Å²) >= 11 is 1.30. The molecule has 150 valence electrons. The summed E-state index contributed by atoms with van der Waals surface area (Å²) in [6, 6.07) is 22.9. The van der Waals surface area contributed by atoms with Crippen molar-refractivity contribution in [3.63, 3.8) is 0 Å². The number of benzene rings is 3. The third-order valence-electron chi connectivity index (χ3n) is 5.06. The van der Waals surface area contributed by atoms with Gasteiger partial charge in [0.25, 0.3) is 0 Å². The molecule has 2 heterocycles. The van der Waals surface area contributed by atoms with Crippen LogP contribution in [0, 0.1) is 6.92 Å². The Hall–Kier alpha value is -3.90. The van der Waals surface area contributed by atoms with Gasteiger partial charge < -0.3 is 4.52 Å². The second kappa shape index (κ2) is 7.74. The number of aryl methyl sites for hydroxylation is 1. The Kier molecular flexibility index (Phi) is 4.76. The van der Waals surface area contributed by atoms with Crippen molar-refractivity contribution in [2.75, 3.05) is 0 Å². The second-order valence-corrected chi connectivity index (χ2v) is 8.10. The second-order valence-electron chi connectivity index (χ2n) is 7.10. The van der Waals surface area contributed by atoms with Gasteiger partial charge in [-0.2, -0.15) is 0 Å². The molecule has 0 saturated heterocycles. The Morgan fingerprint density at radius 1 is 0.871 bits per heavy atom. The van der Waals surface area contributed by atoms with Crippen molar-refractivity contribution < 1.29 is 14.1 Å². The van der Waals surface area contributed by atoms with Crippen LogP contribution in [0.3, 0.4) is 0 Å². The number of fused-ring (bicyclic) bond motifs is 1. The molecule has 0 N–H and O–H groups in total. The van der Waals surface area contributed by atoms with E-state index in [4.69, 9.17) is 4.52 Å². The maximum Gasteiger partial charge on any atom is 0.215 e. The lowest BCUT2D eigenvalue weighted by molar-refractivity contribution is 0.100. The van der Waals surface area contributed by atoms with Gasteiger partial charge in [-0.25, -0.2) is 4.98 Å². The fourth-order valence-corrected chi connectivity index (χ4v) is 4.49. The summed E-state index contributed by atoms with van der Waals surface area (Å²) in [5, 5.41) is 6.57. The highest BCUT2D eigenvalue weighted by Gasteiger charge is 2.27. The van der Waals surface area contributed by atoms with Crippen molar-refractivity contribution >= 4 is 33.7 Å². The van der Waals surface area contributed by atoms with Crippen LogP contribution in [0.15, 0.2) is 83.6 Å².